The molecule has 1 aromatic heterocycles. The number of nitrogens with zero attached hydrogens (tertiary/aromatic N) is 1. The Hall–Kier alpha value is -1.80. The van der Waals surface area contributed by atoms with Gasteiger partial charge in [-0.25, -0.2) is 4.98 Å². The quantitative estimate of drug-likeness (QED) is 0.901. The normalized spacial score (nSPS) is 11.4. The van der Waals surface area contributed by atoms with Crippen molar-refractivity contribution in [3.8, 4) is 0 Å². The molecule has 0 atom stereocenters. The van der Waals surface area contributed by atoms with Crippen LogP contribution in [0.15, 0.2) is 23.6 Å². The molecule has 112 valence electrons. The second-order valence-electron chi connectivity index (χ2n) is 4.09. The Labute approximate surface area is 126 Å². The maximum atomic E-state index is 12.7. The second-order valence-corrected chi connectivity index (χ2v) is 5.39. The number of nitrogen functional groups attached to an aromatic ring is 1. The summed E-state index contributed by atoms with van der Waals surface area (Å²) < 4.78 is 38.1. The number of hydrogen-bond donors (Lipinski definition) is 2. The average Bonchev–Trinajstić information content (AvgIpc) is 2.75. The highest BCUT2D eigenvalue weighted by molar-refractivity contribution is 7.13. The van der Waals surface area contributed by atoms with Crippen molar-refractivity contribution >= 4 is 39.7 Å². The summed E-state index contributed by atoms with van der Waals surface area (Å²) in [6.45, 7) is 0. The largest absolute Gasteiger partial charge is 0.417 e. The van der Waals surface area contributed by atoms with Crippen molar-refractivity contribution < 1.29 is 18.0 Å². The number of carbonyl (C=O) groups excluding carboxylic acids is 1. The van der Waals surface area contributed by atoms with Gasteiger partial charge in [0.1, 0.15) is 0 Å². The molecule has 0 aliphatic rings. The monoisotopic (exact) mass is 335 g/mol. The highest BCUT2D eigenvalue weighted by atomic mass is 35.5. The van der Waals surface area contributed by atoms with Crippen LogP contribution >= 0.6 is 22.9 Å². The van der Waals surface area contributed by atoms with Gasteiger partial charge >= 0.3 is 6.18 Å². The van der Waals surface area contributed by atoms with Crippen molar-refractivity contribution in [2.75, 3.05) is 11.1 Å². The fourth-order valence-electron chi connectivity index (χ4n) is 1.59. The fourth-order valence-corrected chi connectivity index (χ4v) is 2.38. The highest BCUT2D eigenvalue weighted by Gasteiger charge is 2.33. The van der Waals surface area contributed by atoms with Crippen molar-refractivity contribution in [1.82, 2.24) is 4.98 Å². The summed E-state index contributed by atoms with van der Waals surface area (Å²) in [4.78, 5) is 15.6. The summed E-state index contributed by atoms with van der Waals surface area (Å²) in [5, 5.41) is 3.87. The number of thiazole rings is 1. The SMILES string of the molecule is Nc1nc(CC(=O)Nc2ccc(Cl)c(C(F)(F)F)c2)cs1. The summed E-state index contributed by atoms with van der Waals surface area (Å²) in [7, 11) is 0. The Bertz CT molecular complexity index is 672. The molecule has 0 saturated carbocycles. The van der Waals surface area contributed by atoms with E-state index in [1.165, 1.54) is 17.4 Å². The Morgan fingerprint density at radius 3 is 2.71 bits per heavy atom. The molecule has 0 fully saturated rings. The number of anilines is 2. The van der Waals surface area contributed by atoms with Crippen molar-refractivity contribution in [3.63, 3.8) is 0 Å². The minimum Gasteiger partial charge on any atom is -0.375 e. The third-order valence-corrected chi connectivity index (χ3v) is 3.52. The number of amides is 1. The lowest BCUT2D eigenvalue weighted by Gasteiger charge is -2.11. The molecule has 0 radical (unpaired) electrons. The minimum atomic E-state index is -4.58. The number of alkyl halides is 3. The molecular formula is C12H9ClF3N3OS. The van der Waals surface area contributed by atoms with E-state index < -0.39 is 22.7 Å². The lowest BCUT2D eigenvalue weighted by Crippen LogP contribution is -2.15. The van der Waals surface area contributed by atoms with E-state index in [9.17, 15) is 18.0 Å². The lowest BCUT2D eigenvalue weighted by atomic mass is 10.2. The number of aromatic nitrogens is 1. The molecule has 0 saturated heterocycles. The van der Waals surface area contributed by atoms with Gasteiger partial charge < -0.3 is 11.1 Å². The first-order valence-electron chi connectivity index (χ1n) is 5.62. The summed E-state index contributed by atoms with van der Waals surface area (Å²) in [5.41, 5.74) is 4.90. The molecule has 0 unspecified atom stereocenters. The van der Waals surface area contributed by atoms with E-state index in [1.54, 1.807) is 5.38 Å². The van der Waals surface area contributed by atoms with Crippen molar-refractivity contribution in [1.29, 1.82) is 0 Å². The molecule has 3 N–H and O–H groups in total. The van der Waals surface area contributed by atoms with Crippen LogP contribution in [0.4, 0.5) is 24.0 Å². The predicted molar refractivity (Wildman–Crippen MR) is 75.3 cm³/mol. The summed E-state index contributed by atoms with van der Waals surface area (Å²) >= 11 is 6.68. The Morgan fingerprint density at radius 1 is 1.43 bits per heavy atom. The highest BCUT2D eigenvalue weighted by Crippen LogP contribution is 2.36. The molecule has 1 aromatic carbocycles. The zero-order chi connectivity index (χ0) is 15.6. The average molecular weight is 336 g/mol. The first-order valence-corrected chi connectivity index (χ1v) is 6.88. The third-order valence-electron chi connectivity index (χ3n) is 2.47. The zero-order valence-electron chi connectivity index (χ0n) is 10.4. The van der Waals surface area contributed by atoms with E-state index in [0.717, 1.165) is 12.1 Å². The van der Waals surface area contributed by atoms with Gasteiger partial charge in [-0.05, 0) is 18.2 Å². The number of nitrogens with two attached hydrogens (primary N) is 1. The van der Waals surface area contributed by atoms with Gasteiger partial charge in [0, 0.05) is 11.1 Å². The lowest BCUT2D eigenvalue weighted by molar-refractivity contribution is -0.137. The van der Waals surface area contributed by atoms with E-state index >= 15 is 0 Å². The number of halogens is 4. The van der Waals surface area contributed by atoms with Gasteiger partial charge in [0.2, 0.25) is 5.91 Å². The molecule has 0 bridgehead atoms. The van der Waals surface area contributed by atoms with Crippen LogP contribution in [0.3, 0.4) is 0 Å². The van der Waals surface area contributed by atoms with Crippen LogP contribution < -0.4 is 11.1 Å². The molecule has 0 aliphatic heterocycles. The van der Waals surface area contributed by atoms with Gasteiger partial charge in [-0.2, -0.15) is 13.2 Å². The Kier molecular flexibility index (Phi) is 4.38. The predicted octanol–water partition coefficient (Wildman–Crippen LogP) is 3.58. The van der Waals surface area contributed by atoms with Crippen molar-refractivity contribution in [3.05, 3.63) is 39.9 Å². The maximum absolute atomic E-state index is 12.7. The van der Waals surface area contributed by atoms with Crippen LogP contribution in [-0.2, 0) is 17.4 Å². The summed E-state index contributed by atoms with van der Waals surface area (Å²) in [6, 6.07) is 3.17. The maximum Gasteiger partial charge on any atom is 0.417 e. The first kappa shape index (κ1) is 15.6. The number of carbonyl (C=O) groups is 1. The third kappa shape index (κ3) is 4.08. The van der Waals surface area contributed by atoms with E-state index in [1.807, 2.05) is 0 Å². The van der Waals surface area contributed by atoms with Gasteiger partial charge in [-0.15, -0.1) is 11.3 Å². The summed E-state index contributed by atoms with van der Waals surface area (Å²) in [5.74, 6) is -0.490. The standard InChI is InChI=1S/C12H9ClF3N3OS/c13-9-2-1-6(3-8(9)12(14,15)16)18-10(20)4-7-5-21-11(17)19-7/h1-3,5H,4H2,(H2,17,19)(H,18,20). The summed E-state index contributed by atoms with van der Waals surface area (Å²) in [6.07, 6.45) is -4.65. The molecule has 0 spiro atoms. The Morgan fingerprint density at radius 2 is 2.14 bits per heavy atom. The van der Waals surface area contributed by atoms with Gasteiger partial charge in [-0.3, -0.25) is 4.79 Å². The molecule has 2 rings (SSSR count). The van der Waals surface area contributed by atoms with Crippen LogP contribution in [0.25, 0.3) is 0 Å². The molecule has 9 heteroatoms. The smallest absolute Gasteiger partial charge is 0.375 e. The van der Waals surface area contributed by atoms with Crippen LogP contribution in [0.1, 0.15) is 11.3 Å². The molecule has 0 aliphatic carbocycles. The van der Waals surface area contributed by atoms with Crippen molar-refractivity contribution in [2.24, 2.45) is 0 Å². The topological polar surface area (TPSA) is 68.0 Å². The van der Waals surface area contributed by atoms with Gasteiger partial charge in [0.05, 0.1) is 22.7 Å². The van der Waals surface area contributed by atoms with E-state index in [0.29, 0.717) is 10.8 Å². The number of rotatable bonds is 3. The van der Waals surface area contributed by atoms with Crippen LogP contribution in [0.5, 0.6) is 0 Å². The van der Waals surface area contributed by atoms with Gasteiger partial charge in [-0.1, -0.05) is 11.6 Å². The fraction of sp³-hybridized carbons (Fsp3) is 0.167. The molecule has 21 heavy (non-hydrogen) atoms. The number of nitrogens with one attached hydrogen (secondary N) is 1. The second kappa shape index (κ2) is 5.90. The zero-order valence-corrected chi connectivity index (χ0v) is 11.9. The minimum absolute atomic E-state index is 0.0138. The number of hydrogen-bond acceptors (Lipinski definition) is 4. The number of benzene rings is 1. The van der Waals surface area contributed by atoms with E-state index in [4.69, 9.17) is 17.3 Å². The van der Waals surface area contributed by atoms with Crippen LogP contribution in [0, 0.1) is 0 Å². The molecule has 1 amide bonds. The Balaban J connectivity index is 2.11. The van der Waals surface area contributed by atoms with Crippen LogP contribution in [0.2, 0.25) is 5.02 Å². The molecular weight excluding hydrogens is 327 g/mol. The van der Waals surface area contributed by atoms with E-state index in [2.05, 4.69) is 10.3 Å². The van der Waals surface area contributed by atoms with Gasteiger partial charge in [0.15, 0.2) is 5.13 Å². The molecule has 4 nitrogen and oxygen atoms in total. The van der Waals surface area contributed by atoms with Gasteiger partial charge in [0.25, 0.3) is 0 Å². The van der Waals surface area contributed by atoms with E-state index in [-0.39, 0.29) is 12.1 Å². The molecule has 2 aromatic rings. The molecule has 1 heterocycles. The van der Waals surface area contributed by atoms with Crippen molar-refractivity contribution in [2.45, 2.75) is 12.6 Å². The van der Waals surface area contributed by atoms with Crippen LogP contribution in [-0.4, -0.2) is 10.9 Å². The first-order chi connectivity index (χ1) is 9.75.